The average Bonchev–Trinajstić information content (AvgIpc) is 2.62. The number of rotatable bonds is 7. The number of hydrogen-bond acceptors (Lipinski definition) is 6. The molecule has 0 aliphatic carbocycles. The molecule has 0 radical (unpaired) electrons. The van der Waals surface area contributed by atoms with Gasteiger partial charge in [-0.25, -0.2) is 8.42 Å². The fourth-order valence-electron chi connectivity index (χ4n) is 1.26. The monoisotopic (exact) mass is 278 g/mol. The van der Waals surface area contributed by atoms with E-state index in [1.165, 1.54) is 13.2 Å². The Morgan fingerprint density at radius 1 is 1.67 bits per heavy atom. The maximum absolute atomic E-state index is 11.7. The van der Waals surface area contributed by atoms with Gasteiger partial charge in [0.15, 0.2) is 0 Å². The highest BCUT2D eigenvalue weighted by molar-refractivity contribution is 7.88. The zero-order valence-electron chi connectivity index (χ0n) is 9.91. The largest absolute Gasteiger partial charge is 0.480 e. The SMILES string of the molecule is COCC(NS(=O)(=O)Cc1cc(C)on1)C(=O)O. The summed E-state index contributed by atoms with van der Waals surface area (Å²) in [6, 6.07) is 0.138. The molecule has 0 spiro atoms. The third kappa shape index (κ3) is 4.43. The van der Waals surface area contributed by atoms with Gasteiger partial charge < -0.3 is 14.4 Å². The lowest BCUT2D eigenvalue weighted by Gasteiger charge is -2.12. The molecule has 0 saturated heterocycles. The predicted octanol–water partition coefficient (Wildman–Crippen LogP) is -0.498. The molecule has 1 heterocycles. The number of methoxy groups -OCH3 is 1. The summed E-state index contributed by atoms with van der Waals surface area (Å²) < 4.78 is 34.7. The number of carbonyl (C=O) groups is 1. The molecular formula is C9H14N2O6S. The molecule has 0 aromatic carbocycles. The van der Waals surface area contributed by atoms with Crippen molar-refractivity contribution in [3.8, 4) is 0 Å². The molecule has 0 aliphatic heterocycles. The number of sulfonamides is 1. The van der Waals surface area contributed by atoms with Gasteiger partial charge in [0.25, 0.3) is 0 Å². The van der Waals surface area contributed by atoms with Gasteiger partial charge in [-0.3, -0.25) is 4.79 Å². The minimum Gasteiger partial charge on any atom is -0.480 e. The van der Waals surface area contributed by atoms with Gasteiger partial charge >= 0.3 is 5.97 Å². The van der Waals surface area contributed by atoms with Crippen LogP contribution in [0.3, 0.4) is 0 Å². The molecule has 1 aromatic heterocycles. The van der Waals surface area contributed by atoms with E-state index in [1.54, 1.807) is 6.92 Å². The summed E-state index contributed by atoms with van der Waals surface area (Å²) in [4.78, 5) is 10.8. The van der Waals surface area contributed by atoms with Crippen LogP contribution in [-0.2, 0) is 25.3 Å². The Hall–Kier alpha value is -1.45. The number of aryl methyl sites for hydroxylation is 1. The third-order valence-electron chi connectivity index (χ3n) is 1.97. The summed E-state index contributed by atoms with van der Waals surface area (Å²) in [6.45, 7) is 1.37. The van der Waals surface area contributed by atoms with Gasteiger partial charge in [-0.15, -0.1) is 0 Å². The van der Waals surface area contributed by atoms with E-state index >= 15 is 0 Å². The first kappa shape index (κ1) is 14.6. The fourth-order valence-corrected chi connectivity index (χ4v) is 2.47. The third-order valence-corrected chi connectivity index (χ3v) is 3.29. The molecule has 8 nitrogen and oxygen atoms in total. The highest BCUT2D eigenvalue weighted by atomic mass is 32.2. The molecule has 1 rings (SSSR count). The molecule has 1 atom stereocenters. The molecule has 2 N–H and O–H groups in total. The summed E-state index contributed by atoms with van der Waals surface area (Å²) in [6.07, 6.45) is 0. The Morgan fingerprint density at radius 3 is 2.78 bits per heavy atom. The minimum atomic E-state index is -3.82. The van der Waals surface area contributed by atoms with Crippen LogP contribution < -0.4 is 4.72 Å². The Balaban J connectivity index is 2.71. The lowest BCUT2D eigenvalue weighted by atomic mass is 10.3. The van der Waals surface area contributed by atoms with Crippen LogP contribution in [0.15, 0.2) is 10.6 Å². The van der Waals surface area contributed by atoms with Crippen molar-refractivity contribution in [1.82, 2.24) is 9.88 Å². The lowest BCUT2D eigenvalue weighted by molar-refractivity contribution is -0.140. The number of aliphatic carboxylic acids is 1. The Morgan fingerprint density at radius 2 is 2.33 bits per heavy atom. The van der Waals surface area contributed by atoms with Crippen LogP contribution >= 0.6 is 0 Å². The number of carboxylic acid groups (broad SMARTS) is 1. The molecule has 9 heteroatoms. The van der Waals surface area contributed by atoms with Gasteiger partial charge in [0, 0.05) is 13.2 Å². The quantitative estimate of drug-likeness (QED) is 0.690. The van der Waals surface area contributed by atoms with Crippen molar-refractivity contribution in [3.05, 3.63) is 17.5 Å². The van der Waals surface area contributed by atoms with E-state index < -0.39 is 27.8 Å². The van der Waals surface area contributed by atoms with E-state index in [4.69, 9.17) is 9.63 Å². The van der Waals surface area contributed by atoms with Crippen molar-refractivity contribution in [2.24, 2.45) is 0 Å². The van der Waals surface area contributed by atoms with Crippen molar-refractivity contribution in [1.29, 1.82) is 0 Å². The van der Waals surface area contributed by atoms with Crippen molar-refractivity contribution < 1.29 is 27.6 Å². The van der Waals surface area contributed by atoms with Gasteiger partial charge in [-0.2, -0.15) is 4.72 Å². The Kier molecular flexibility index (Phi) is 4.82. The van der Waals surface area contributed by atoms with Crippen LogP contribution in [0.4, 0.5) is 0 Å². The zero-order chi connectivity index (χ0) is 13.8. The van der Waals surface area contributed by atoms with E-state index in [0.29, 0.717) is 5.76 Å². The summed E-state index contributed by atoms with van der Waals surface area (Å²) in [5, 5.41) is 12.3. The minimum absolute atomic E-state index is 0.210. The molecule has 0 saturated carbocycles. The molecule has 18 heavy (non-hydrogen) atoms. The van der Waals surface area contributed by atoms with Crippen LogP contribution in [0.25, 0.3) is 0 Å². The molecule has 0 amide bonds. The van der Waals surface area contributed by atoms with Crippen LogP contribution in [0.1, 0.15) is 11.5 Å². The summed E-state index contributed by atoms with van der Waals surface area (Å²) in [5.74, 6) is -1.28. The molecule has 1 aromatic rings. The van der Waals surface area contributed by atoms with Gasteiger partial charge in [0.05, 0.1) is 6.61 Å². The second-order valence-corrected chi connectivity index (χ2v) is 5.41. The first-order chi connectivity index (χ1) is 8.34. The van der Waals surface area contributed by atoms with E-state index in [0.717, 1.165) is 0 Å². The van der Waals surface area contributed by atoms with Gasteiger partial charge in [0.1, 0.15) is 23.2 Å². The fraction of sp³-hybridized carbons (Fsp3) is 0.556. The van der Waals surface area contributed by atoms with Crippen LogP contribution in [0.5, 0.6) is 0 Å². The van der Waals surface area contributed by atoms with Crippen molar-refractivity contribution in [3.63, 3.8) is 0 Å². The van der Waals surface area contributed by atoms with E-state index in [-0.39, 0.29) is 12.3 Å². The Bertz CT molecular complexity index is 509. The van der Waals surface area contributed by atoms with E-state index in [2.05, 4.69) is 9.89 Å². The maximum atomic E-state index is 11.7. The zero-order valence-corrected chi connectivity index (χ0v) is 10.7. The van der Waals surface area contributed by atoms with Gasteiger partial charge in [0.2, 0.25) is 10.0 Å². The topological polar surface area (TPSA) is 119 Å². The second kappa shape index (κ2) is 5.94. The van der Waals surface area contributed by atoms with Gasteiger partial charge in [-0.05, 0) is 6.92 Å². The second-order valence-electron chi connectivity index (χ2n) is 3.65. The molecule has 1 unspecified atom stereocenters. The van der Waals surface area contributed by atoms with Gasteiger partial charge in [-0.1, -0.05) is 5.16 Å². The number of nitrogens with one attached hydrogen (secondary N) is 1. The van der Waals surface area contributed by atoms with E-state index in [9.17, 15) is 13.2 Å². The van der Waals surface area contributed by atoms with Crippen LogP contribution in [-0.4, -0.2) is 44.4 Å². The standard InChI is InChI=1S/C9H14N2O6S/c1-6-3-7(10-17-6)5-18(14,15)11-8(4-16-2)9(12)13/h3,8,11H,4-5H2,1-2H3,(H,12,13). The molecule has 0 fully saturated rings. The molecular weight excluding hydrogens is 264 g/mol. The number of carboxylic acids is 1. The van der Waals surface area contributed by atoms with E-state index in [1.807, 2.05) is 4.72 Å². The maximum Gasteiger partial charge on any atom is 0.324 e. The molecule has 0 bridgehead atoms. The summed E-state index contributed by atoms with van der Waals surface area (Å²) in [5.41, 5.74) is 0.210. The summed E-state index contributed by atoms with van der Waals surface area (Å²) in [7, 11) is -2.54. The average molecular weight is 278 g/mol. The van der Waals surface area contributed by atoms with Crippen LogP contribution in [0, 0.1) is 6.92 Å². The van der Waals surface area contributed by atoms with Crippen molar-refractivity contribution >= 4 is 16.0 Å². The highest BCUT2D eigenvalue weighted by Gasteiger charge is 2.25. The molecule has 102 valence electrons. The number of hydrogen-bond donors (Lipinski definition) is 2. The summed E-state index contributed by atoms with van der Waals surface area (Å²) >= 11 is 0. The highest BCUT2D eigenvalue weighted by Crippen LogP contribution is 2.06. The molecule has 0 aliphatic rings. The Labute approximate surface area is 104 Å². The number of nitrogens with zero attached hydrogens (tertiary/aromatic N) is 1. The van der Waals surface area contributed by atoms with Crippen molar-refractivity contribution in [2.75, 3.05) is 13.7 Å². The van der Waals surface area contributed by atoms with Crippen molar-refractivity contribution in [2.45, 2.75) is 18.7 Å². The first-order valence-electron chi connectivity index (χ1n) is 4.98. The number of ether oxygens (including phenoxy) is 1. The normalized spacial score (nSPS) is 13.4. The first-order valence-corrected chi connectivity index (χ1v) is 6.63. The predicted molar refractivity (Wildman–Crippen MR) is 60.3 cm³/mol. The smallest absolute Gasteiger partial charge is 0.324 e. The van der Waals surface area contributed by atoms with Crippen LogP contribution in [0.2, 0.25) is 0 Å². The lowest BCUT2D eigenvalue weighted by Crippen LogP contribution is -2.44. The number of aromatic nitrogens is 1.